The van der Waals surface area contributed by atoms with Crippen molar-refractivity contribution in [1.29, 1.82) is 0 Å². The number of aryl methyl sites for hydroxylation is 3. The molecule has 0 aliphatic rings. The first-order valence-corrected chi connectivity index (χ1v) is 6.70. The molecule has 0 radical (unpaired) electrons. The topological polar surface area (TPSA) is 51.8 Å². The van der Waals surface area contributed by atoms with Gasteiger partial charge in [0.25, 0.3) is 0 Å². The second kappa shape index (κ2) is 5.50. The maximum Gasteiger partial charge on any atom is 0.192 e. The Morgan fingerprint density at radius 3 is 2.50 bits per heavy atom. The molecule has 2 rings (SSSR count). The number of rotatable bonds is 3. The minimum absolute atomic E-state index is 0.448. The third kappa shape index (κ3) is 3.09. The minimum Gasteiger partial charge on any atom is -0.325 e. The lowest BCUT2D eigenvalue weighted by Gasteiger charge is -2.06. The van der Waals surface area contributed by atoms with E-state index in [1.165, 1.54) is 11.1 Å². The highest BCUT2D eigenvalue weighted by atomic mass is 32.2. The zero-order valence-corrected chi connectivity index (χ0v) is 11.7. The van der Waals surface area contributed by atoms with Gasteiger partial charge in [-0.3, -0.25) is 0 Å². The van der Waals surface area contributed by atoms with Crippen molar-refractivity contribution >= 4 is 11.8 Å². The fraction of sp³-hybridized carbons (Fsp3) is 0.286. The van der Waals surface area contributed by atoms with Crippen LogP contribution in [0.3, 0.4) is 0 Å². The van der Waals surface area contributed by atoms with Crippen molar-refractivity contribution in [1.82, 2.24) is 9.97 Å². The molecule has 0 amide bonds. The Kier molecular flexibility index (Phi) is 3.99. The van der Waals surface area contributed by atoms with Crippen molar-refractivity contribution in [3.05, 3.63) is 46.8 Å². The van der Waals surface area contributed by atoms with Gasteiger partial charge in [0.15, 0.2) is 5.16 Å². The monoisotopic (exact) mass is 259 g/mol. The molecule has 1 aromatic carbocycles. The van der Waals surface area contributed by atoms with Crippen LogP contribution in [0.2, 0.25) is 0 Å². The zero-order valence-electron chi connectivity index (χ0n) is 10.9. The van der Waals surface area contributed by atoms with E-state index < -0.39 is 0 Å². The van der Waals surface area contributed by atoms with Gasteiger partial charge in [0.1, 0.15) is 0 Å². The second-order valence-corrected chi connectivity index (χ2v) is 5.38. The number of benzene rings is 1. The summed E-state index contributed by atoms with van der Waals surface area (Å²) >= 11 is 1.58. The van der Waals surface area contributed by atoms with Crippen LogP contribution in [0.5, 0.6) is 0 Å². The summed E-state index contributed by atoms with van der Waals surface area (Å²) in [6.45, 7) is 6.64. The zero-order chi connectivity index (χ0) is 13.1. The molecule has 0 aliphatic carbocycles. The lowest BCUT2D eigenvalue weighted by molar-refractivity contribution is 0.854. The Balaban J connectivity index is 2.27. The molecule has 0 saturated carbocycles. The molecule has 18 heavy (non-hydrogen) atoms. The van der Waals surface area contributed by atoms with Crippen molar-refractivity contribution in [2.24, 2.45) is 5.73 Å². The highest BCUT2D eigenvalue weighted by Crippen LogP contribution is 2.26. The summed E-state index contributed by atoms with van der Waals surface area (Å²) in [6, 6.07) is 8.30. The van der Waals surface area contributed by atoms with Gasteiger partial charge in [0.2, 0.25) is 0 Å². The molecule has 4 heteroatoms. The van der Waals surface area contributed by atoms with Crippen LogP contribution in [0.15, 0.2) is 34.3 Å². The van der Waals surface area contributed by atoms with Crippen LogP contribution in [0.4, 0.5) is 0 Å². The van der Waals surface area contributed by atoms with E-state index in [-0.39, 0.29) is 0 Å². The normalized spacial score (nSPS) is 10.7. The van der Waals surface area contributed by atoms with Crippen LogP contribution < -0.4 is 5.73 Å². The Bertz CT molecular complexity index is 567. The molecule has 0 bridgehead atoms. The summed E-state index contributed by atoms with van der Waals surface area (Å²) in [6.07, 6.45) is 0. The van der Waals surface area contributed by atoms with Gasteiger partial charge < -0.3 is 5.73 Å². The van der Waals surface area contributed by atoms with E-state index in [9.17, 15) is 0 Å². The van der Waals surface area contributed by atoms with Crippen LogP contribution in [-0.4, -0.2) is 9.97 Å². The predicted octanol–water partition coefficient (Wildman–Crippen LogP) is 3.01. The van der Waals surface area contributed by atoms with Gasteiger partial charge in [-0.25, -0.2) is 9.97 Å². The summed E-state index contributed by atoms with van der Waals surface area (Å²) in [5.41, 5.74) is 10.0. The minimum atomic E-state index is 0.448. The molecular formula is C14H17N3S. The maximum absolute atomic E-state index is 5.63. The number of nitrogens with two attached hydrogens (primary N) is 1. The van der Waals surface area contributed by atoms with Crippen molar-refractivity contribution in [3.8, 4) is 0 Å². The van der Waals surface area contributed by atoms with Gasteiger partial charge in [-0.1, -0.05) is 6.07 Å². The lowest BCUT2D eigenvalue weighted by Crippen LogP contribution is -2.02. The number of aromatic nitrogens is 2. The molecule has 2 aromatic rings. The average molecular weight is 259 g/mol. The van der Waals surface area contributed by atoms with Crippen LogP contribution in [0.25, 0.3) is 0 Å². The maximum atomic E-state index is 5.63. The molecule has 0 spiro atoms. The van der Waals surface area contributed by atoms with E-state index in [0.29, 0.717) is 6.54 Å². The van der Waals surface area contributed by atoms with Gasteiger partial charge in [-0.15, -0.1) is 0 Å². The fourth-order valence-corrected chi connectivity index (χ4v) is 2.57. The highest BCUT2D eigenvalue weighted by Gasteiger charge is 2.04. The standard InChI is InChI=1S/C14H17N3S/c1-9-4-5-13(6-10(9)2)18-14-16-11(3)7-12(8-15)17-14/h4-7H,8,15H2,1-3H3. The van der Waals surface area contributed by atoms with Crippen molar-refractivity contribution < 1.29 is 0 Å². The molecule has 0 atom stereocenters. The highest BCUT2D eigenvalue weighted by molar-refractivity contribution is 7.99. The van der Waals surface area contributed by atoms with Crippen LogP contribution in [0, 0.1) is 20.8 Å². The lowest BCUT2D eigenvalue weighted by atomic mass is 10.1. The molecular weight excluding hydrogens is 242 g/mol. The van der Waals surface area contributed by atoms with E-state index in [4.69, 9.17) is 5.73 Å². The van der Waals surface area contributed by atoms with Crippen LogP contribution in [-0.2, 0) is 6.54 Å². The van der Waals surface area contributed by atoms with Gasteiger partial charge in [-0.05, 0) is 61.9 Å². The number of nitrogens with zero attached hydrogens (tertiary/aromatic N) is 2. The molecule has 0 aliphatic heterocycles. The SMILES string of the molecule is Cc1cc(CN)nc(Sc2ccc(C)c(C)c2)n1. The Labute approximate surface area is 112 Å². The van der Waals surface area contributed by atoms with Gasteiger partial charge in [-0.2, -0.15) is 0 Å². The summed E-state index contributed by atoms with van der Waals surface area (Å²) in [5.74, 6) is 0. The quantitative estimate of drug-likeness (QED) is 0.861. The van der Waals surface area contributed by atoms with Crippen molar-refractivity contribution in [2.45, 2.75) is 37.4 Å². The van der Waals surface area contributed by atoms with Crippen molar-refractivity contribution in [2.75, 3.05) is 0 Å². The van der Waals surface area contributed by atoms with E-state index >= 15 is 0 Å². The Hall–Kier alpha value is -1.39. The molecule has 0 fully saturated rings. The molecule has 0 unspecified atom stereocenters. The Morgan fingerprint density at radius 1 is 1.06 bits per heavy atom. The number of hydrogen-bond acceptors (Lipinski definition) is 4. The van der Waals surface area contributed by atoms with Crippen LogP contribution >= 0.6 is 11.8 Å². The van der Waals surface area contributed by atoms with E-state index in [0.717, 1.165) is 21.4 Å². The molecule has 1 aromatic heterocycles. The third-order valence-electron chi connectivity index (χ3n) is 2.78. The largest absolute Gasteiger partial charge is 0.325 e. The predicted molar refractivity (Wildman–Crippen MR) is 74.7 cm³/mol. The third-order valence-corrected chi connectivity index (χ3v) is 3.64. The van der Waals surface area contributed by atoms with Gasteiger partial charge in [0.05, 0.1) is 5.69 Å². The molecule has 3 nitrogen and oxygen atoms in total. The summed E-state index contributed by atoms with van der Waals surface area (Å²) in [5, 5.41) is 0.763. The van der Waals surface area contributed by atoms with Gasteiger partial charge in [0, 0.05) is 17.1 Å². The first-order valence-electron chi connectivity index (χ1n) is 5.88. The van der Waals surface area contributed by atoms with E-state index in [1.807, 2.05) is 13.0 Å². The Morgan fingerprint density at radius 2 is 1.83 bits per heavy atom. The molecule has 0 saturated heterocycles. The molecule has 94 valence electrons. The summed E-state index contributed by atoms with van der Waals surface area (Å²) < 4.78 is 0. The number of hydrogen-bond donors (Lipinski definition) is 1. The fourth-order valence-electron chi connectivity index (χ4n) is 1.64. The first-order chi connectivity index (χ1) is 8.58. The van der Waals surface area contributed by atoms with Gasteiger partial charge >= 0.3 is 0 Å². The molecule has 2 N–H and O–H groups in total. The second-order valence-electron chi connectivity index (χ2n) is 4.34. The smallest absolute Gasteiger partial charge is 0.192 e. The average Bonchev–Trinajstić information content (AvgIpc) is 2.33. The summed E-state index contributed by atoms with van der Waals surface area (Å²) in [7, 11) is 0. The van der Waals surface area contributed by atoms with E-state index in [1.54, 1.807) is 11.8 Å². The molecule has 1 heterocycles. The first kappa shape index (κ1) is 13.1. The van der Waals surface area contributed by atoms with Crippen molar-refractivity contribution in [3.63, 3.8) is 0 Å². The summed E-state index contributed by atoms with van der Waals surface area (Å²) in [4.78, 5) is 10.0. The van der Waals surface area contributed by atoms with Crippen LogP contribution in [0.1, 0.15) is 22.5 Å². The van der Waals surface area contributed by atoms with E-state index in [2.05, 4.69) is 42.0 Å².